The molecule has 0 radical (unpaired) electrons. The summed E-state index contributed by atoms with van der Waals surface area (Å²) in [5, 5.41) is 10.3. The predicted molar refractivity (Wildman–Crippen MR) is 102 cm³/mol. The molecule has 4 heterocycles. The first-order valence-corrected chi connectivity index (χ1v) is 9.66. The largest absolute Gasteiger partial charge is 0.456 e. The number of benzene rings is 1. The summed E-state index contributed by atoms with van der Waals surface area (Å²) >= 11 is 9.84. The van der Waals surface area contributed by atoms with Gasteiger partial charge in [-0.05, 0) is 18.2 Å². The molecule has 0 aliphatic carbocycles. The van der Waals surface area contributed by atoms with Crippen LogP contribution in [0.5, 0.6) is 6.01 Å². The van der Waals surface area contributed by atoms with Gasteiger partial charge in [0.1, 0.15) is 18.3 Å². The first kappa shape index (κ1) is 17.4. The van der Waals surface area contributed by atoms with Crippen molar-refractivity contribution >= 4 is 38.7 Å². The van der Waals surface area contributed by atoms with Gasteiger partial charge in [0.05, 0.1) is 29.4 Å². The highest BCUT2D eigenvalue weighted by Crippen LogP contribution is 2.32. The maximum atomic E-state index is 9.83. The molecule has 2 aromatic heterocycles. The first-order valence-electron chi connectivity index (χ1n) is 8.48. The summed E-state index contributed by atoms with van der Waals surface area (Å²) in [6, 6.07) is 9.85. The summed E-state index contributed by atoms with van der Waals surface area (Å²) in [5.41, 5.74) is 2.74. The zero-order valence-corrected chi connectivity index (χ0v) is 16.3. The molecule has 0 bridgehead atoms. The van der Waals surface area contributed by atoms with E-state index in [1.807, 2.05) is 24.3 Å². The van der Waals surface area contributed by atoms with Gasteiger partial charge in [0, 0.05) is 10.0 Å². The fourth-order valence-corrected chi connectivity index (χ4v) is 3.97. The minimum atomic E-state index is -0.617. The van der Waals surface area contributed by atoms with Gasteiger partial charge in [0.2, 0.25) is 0 Å². The molecule has 4 atom stereocenters. The van der Waals surface area contributed by atoms with Crippen molar-refractivity contribution in [3.05, 3.63) is 39.8 Å². The second-order valence-electron chi connectivity index (χ2n) is 6.56. The number of pyridine rings is 1. The Labute approximate surface area is 167 Å². The topological polar surface area (TPSA) is 89.5 Å². The quantitative estimate of drug-likeness (QED) is 0.635. The predicted octanol–water partition coefficient (Wildman–Crippen LogP) is 2.95. The van der Waals surface area contributed by atoms with E-state index in [4.69, 9.17) is 25.8 Å². The van der Waals surface area contributed by atoms with Gasteiger partial charge in [-0.3, -0.25) is 0 Å². The van der Waals surface area contributed by atoms with Gasteiger partial charge in [-0.1, -0.05) is 39.7 Å². The molecule has 2 fully saturated rings. The lowest BCUT2D eigenvalue weighted by Gasteiger charge is -2.15. The number of halogens is 2. The van der Waals surface area contributed by atoms with E-state index in [9.17, 15) is 5.11 Å². The fraction of sp³-hybridized carbons (Fsp3) is 0.333. The van der Waals surface area contributed by atoms with Gasteiger partial charge in [0.15, 0.2) is 11.8 Å². The second-order valence-corrected chi connectivity index (χ2v) is 7.88. The zero-order chi connectivity index (χ0) is 18.5. The molecule has 7 nitrogen and oxygen atoms in total. The fourth-order valence-electron chi connectivity index (χ4n) is 3.45. The Morgan fingerprint density at radius 3 is 2.74 bits per heavy atom. The molecule has 2 aliphatic heterocycles. The van der Waals surface area contributed by atoms with Crippen LogP contribution in [-0.2, 0) is 9.47 Å². The Morgan fingerprint density at radius 1 is 1.15 bits per heavy atom. The maximum absolute atomic E-state index is 9.83. The van der Waals surface area contributed by atoms with E-state index < -0.39 is 6.10 Å². The summed E-state index contributed by atoms with van der Waals surface area (Å²) in [6.45, 7) is 0.588. The Hall–Kier alpha value is -1.71. The van der Waals surface area contributed by atoms with Crippen molar-refractivity contribution in [2.24, 2.45) is 0 Å². The molecule has 0 amide bonds. The van der Waals surface area contributed by atoms with Crippen LogP contribution in [0.3, 0.4) is 0 Å². The molecule has 2 N–H and O–H groups in total. The number of hydrogen-bond acceptors (Lipinski definition) is 6. The number of rotatable bonds is 3. The van der Waals surface area contributed by atoms with Crippen LogP contribution >= 0.6 is 27.5 Å². The average Bonchev–Trinajstić information content (AvgIpc) is 3.33. The molecule has 9 heteroatoms. The number of aliphatic hydroxyl groups is 1. The van der Waals surface area contributed by atoms with Gasteiger partial charge >= 0.3 is 0 Å². The van der Waals surface area contributed by atoms with Crippen LogP contribution in [0.1, 0.15) is 0 Å². The number of nitrogens with zero attached hydrogens (tertiary/aromatic N) is 2. The van der Waals surface area contributed by atoms with E-state index in [0.717, 1.165) is 10.0 Å². The van der Waals surface area contributed by atoms with Crippen molar-refractivity contribution in [3.8, 4) is 17.3 Å². The highest BCUT2D eigenvalue weighted by Gasteiger charge is 2.48. The minimum Gasteiger partial charge on any atom is -0.456 e. The summed E-state index contributed by atoms with van der Waals surface area (Å²) in [7, 11) is 0. The van der Waals surface area contributed by atoms with Gasteiger partial charge in [0.25, 0.3) is 6.01 Å². The second kappa shape index (κ2) is 6.72. The number of imidazole rings is 1. The van der Waals surface area contributed by atoms with Gasteiger partial charge < -0.3 is 24.3 Å². The lowest BCUT2D eigenvalue weighted by Crippen LogP contribution is -2.34. The summed E-state index contributed by atoms with van der Waals surface area (Å²) in [5.74, 6) is 0. The smallest absolute Gasteiger partial charge is 0.296 e. The molecule has 2 saturated heterocycles. The van der Waals surface area contributed by atoms with Crippen LogP contribution in [0.25, 0.3) is 22.4 Å². The Balaban J connectivity index is 1.43. The van der Waals surface area contributed by atoms with Crippen LogP contribution in [0, 0.1) is 0 Å². The Kier molecular flexibility index (Phi) is 4.33. The molecule has 5 rings (SSSR count). The summed E-state index contributed by atoms with van der Waals surface area (Å²) in [4.78, 5) is 12.1. The van der Waals surface area contributed by atoms with Crippen molar-refractivity contribution in [2.75, 3.05) is 13.2 Å². The van der Waals surface area contributed by atoms with E-state index >= 15 is 0 Å². The minimum absolute atomic E-state index is 0.253. The number of aliphatic hydroxyl groups excluding tert-OH is 1. The monoisotopic (exact) mass is 451 g/mol. The summed E-state index contributed by atoms with van der Waals surface area (Å²) in [6.07, 6.45) is -1.61. The Morgan fingerprint density at radius 2 is 1.93 bits per heavy atom. The lowest BCUT2D eigenvalue weighted by atomic mass is 10.1. The van der Waals surface area contributed by atoms with Crippen molar-refractivity contribution in [2.45, 2.75) is 24.4 Å². The van der Waals surface area contributed by atoms with Crippen LogP contribution in [-0.4, -0.2) is 57.7 Å². The Bertz CT molecular complexity index is 996. The number of fused-ring (bicyclic) bond motifs is 2. The van der Waals surface area contributed by atoms with Crippen LogP contribution in [0.2, 0.25) is 5.02 Å². The maximum Gasteiger partial charge on any atom is 0.296 e. The number of H-pyrrole nitrogens is 1. The number of aromatic nitrogens is 3. The van der Waals surface area contributed by atoms with Crippen LogP contribution in [0.4, 0.5) is 0 Å². The molecule has 4 unspecified atom stereocenters. The van der Waals surface area contributed by atoms with Crippen molar-refractivity contribution in [3.63, 3.8) is 0 Å². The van der Waals surface area contributed by atoms with E-state index in [0.29, 0.717) is 34.5 Å². The van der Waals surface area contributed by atoms with Crippen LogP contribution in [0.15, 0.2) is 34.8 Å². The standard InChI is InChI=1S/C18H15BrClN3O4/c19-9-3-1-8(2-4-9)14-10(20)5-11-17(22-14)23-18(21-11)27-13-7-26-15-12(24)6-25-16(13)15/h1-5,12-13,15-16,24H,6-7H2,(H,21,22,23). The molecule has 2 aliphatic rings. The SMILES string of the molecule is OC1COC2C(Oc3nc4nc(-c5ccc(Br)cc5)c(Cl)cc4[nH]3)COC12. The van der Waals surface area contributed by atoms with E-state index in [2.05, 4.69) is 30.9 Å². The van der Waals surface area contributed by atoms with E-state index in [1.165, 1.54) is 0 Å². The normalized spacial score (nSPS) is 27.2. The molecule has 0 saturated carbocycles. The molecule has 27 heavy (non-hydrogen) atoms. The number of nitrogens with one attached hydrogen (secondary N) is 1. The van der Waals surface area contributed by atoms with Crippen molar-refractivity contribution < 1.29 is 19.3 Å². The van der Waals surface area contributed by atoms with Gasteiger partial charge in [-0.25, -0.2) is 4.98 Å². The van der Waals surface area contributed by atoms with Crippen molar-refractivity contribution in [1.29, 1.82) is 0 Å². The zero-order valence-electron chi connectivity index (χ0n) is 13.9. The highest BCUT2D eigenvalue weighted by atomic mass is 79.9. The third kappa shape index (κ3) is 3.11. The lowest BCUT2D eigenvalue weighted by molar-refractivity contribution is 0.00706. The van der Waals surface area contributed by atoms with Crippen LogP contribution < -0.4 is 4.74 Å². The number of ether oxygens (including phenoxy) is 3. The third-order valence-corrected chi connectivity index (χ3v) is 5.58. The van der Waals surface area contributed by atoms with Crippen molar-refractivity contribution in [1.82, 2.24) is 15.0 Å². The van der Waals surface area contributed by atoms with E-state index in [1.54, 1.807) is 6.07 Å². The molecular weight excluding hydrogens is 438 g/mol. The molecule has 140 valence electrons. The highest BCUT2D eigenvalue weighted by molar-refractivity contribution is 9.10. The van der Waals surface area contributed by atoms with Gasteiger partial charge in [-0.15, -0.1) is 0 Å². The third-order valence-electron chi connectivity index (χ3n) is 4.77. The average molecular weight is 453 g/mol. The van der Waals surface area contributed by atoms with E-state index in [-0.39, 0.29) is 24.9 Å². The first-order chi connectivity index (χ1) is 13.1. The summed E-state index contributed by atoms with van der Waals surface area (Å²) < 4.78 is 18.0. The number of hydrogen-bond donors (Lipinski definition) is 2. The number of aromatic amines is 1. The molecule has 0 spiro atoms. The van der Waals surface area contributed by atoms with Gasteiger partial charge in [-0.2, -0.15) is 4.98 Å². The molecular formula is C18H15BrClN3O4. The molecule has 3 aromatic rings. The molecule has 1 aromatic carbocycles.